The number of carbonyl (C=O) groups excluding carboxylic acids is 1. The Morgan fingerprint density at radius 1 is 1.17 bits per heavy atom. The van der Waals surface area contributed by atoms with E-state index in [4.69, 9.17) is 4.74 Å². The third-order valence-corrected chi connectivity index (χ3v) is 5.09. The zero-order valence-corrected chi connectivity index (χ0v) is 18.1. The van der Waals surface area contributed by atoms with Crippen molar-refractivity contribution in [2.45, 2.75) is 17.8 Å². The highest BCUT2D eigenvalue weighted by atomic mass is 79.9. The fourth-order valence-electron chi connectivity index (χ4n) is 2.27. The fraction of sp³-hybridized carbons (Fsp3) is 0.143. The van der Waals surface area contributed by atoms with Crippen molar-refractivity contribution < 1.29 is 9.53 Å². The van der Waals surface area contributed by atoms with Crippen LogP contribution in [-0.2, 0) is 10.5 Å². The summed E-state index contributed by atoms with van der Waals surface area (Å²) in [7, 11) is 0. The van der Waals surface area contributed by atoms with Crippen molar-refractivity contribution >= 4 is 39.8 Å². The van der Waals surface area contributed by atoms with E-state index in [-0.39, 0.29) is 12.5 Å². The number of carbonyl (C=O) groups is 1. The molecule has 8 heteroatoms. The van der Waals surface area contributed by atoms with Crippen molar-refractivity contribution in [2.75, 3.05) is 6.61 Å². The Balaban J connectivity index is 1.49. The molecular weight excluding hydrogens is 452 g/mol. The van der Waals surface area contributed by atoms with Crippen molar-refractivity contribution in [1.29, 1.82) is 0 Å². The van der Waals surface area contributed by atoms with Crippen LogP contribution >= 0.6 is 27.7 Å². The second-order valence-electron chi connectivity index (χ2n) is 6.04. The van der Waals surface area contributed by atoms with Crippen molar-refractivity contribution in [3.63, 3.8) is 0 Å². The summed E-state index contributed by atoms with van der Waals surface area (Å²) in [6.07, 6.45) is 1.57. The van der Waals surface area contributed by atoms with Gasteiger partial charge in [0.2, 0.25) is 5.88 Å². The Bertz CT molecular complexity index is 982. The molecule has 0 bridgehead atoms. The normalized spacial score (nSPS) is 10.8. The average molecular weight is 471 g/mol. The van der Waals surface area contributed by atoms with Crippen LogP contribution in [0.15, 0.2) is 75.4 Å². The van der Waals surface area contributed by atoms with Crippen LogP contribution in [0, 0.1) is 6.92 Å². The summed E-state index contributed by atoms with van der Waals surface area (Å²) in [5.74, 6) is 0.753. The van der Waals surface area contributed by atoms with Gasteiger partial charge in [-0.3, -0.25) is 4.79 Å². The predicted octanol–water partition coefficient (Wildman–Crippen LogP) is 4.37. The van der Waals surface area contributed by atoms with E-state index in [1.807, 2.05) is 49.4 Å². The number of amides is 1. The molecule has 29 heavy (non-hydrogen) atoms. The molecule has 3 aromatic rings. The smallest absolute Gasteiger partial charge is 0.278 e. The maximum Gasteiger partial charge on any atom is 0.278 e. The van der Waals surface area contributed by atoms with E-state index in [2.05, 4.69) is 48.6 Å². The second kappa shape index (κ2) is 10.7. The number of benzene rings is 2. The summed E-state index contributed by atoms with van der Waals surface area (Å²) in [6, 6.07) is 19.4. The van der Waals surface area contributed by atoms with Gasteiger partial charge in [-0.05, 0) is 30.2 Å². The zero-order chi connectivity index (χ0) is 20.5. The Labute approximate surface area is 181 Å². The molecule has 0 saturated carbocycles. The molecule has 148 valence electrons. The number of hydrazone groups is 1. The summed E-state index contributed by atoms with van der Waals surface area (Å²) >= 11 is 4.89. The number of aromatic nitrogens is 2. The number of nitrogens with one attached hydrogen (secondary N) is 1. The molecule has 1 N–H and O–H groups in total. The number of ether oxygens (including phenoxy) is 1. The molecule has 3 rings (SSSR count). The predicted molar refractivity (Wildman–Crippen MR) is 118 cm³/mol. The Morgan fingerprint density at radius 3 is 2.69 bits per heavy atom. The molecule has 0 radical (unpaired) electrons. The molecule has 0 atom stereocenters. The fourth-order valence-corrected chi connectivity index (χ4v) is 3.39. The summed E-state index contributed by atoms with van der Waals surface area (Å²) < 4.78 is 6.48. The SMILES string of the molecule is Cc1cc(OCC(=O)NN=Cc2ccc(Br)cc2)nc(SCc2ccccc2)n1. The van der Waals surface area contributed by atoms with Gasteiger partial charge in [0.25, 0.3) is 5.91 Å². The van der Waals surface area contributed by atoms with Gasteiger partial charge >= 0.3 is 0 Å². The lowest BCUT2D eigenvalue weighted by Gasteiger charge is -2.07. The van der Waals surface area contributed by atoms with Crippen LogP contribution < -0.4 is 10.2 Å². The topological polar surface area (TPSA) is 76.5 Å². The summed E-state index contributed by atoms with van der Waals surface area (Å²) in [4.78, 5) is 20.7. The van der Waals surface area contributed by atoms with E-state index in [9.17, 15) is 4.79 Å². The number of rotatable bonds is 8. The summed E-state index contributed by atoms with van der Waals surface area (Å²) in [6.45, 7) is 1.68. The minimum atomic E-state index is -0.367. The van der Waals surface area contributed by atoms with E-state index in [0.717, 1.165) is 21.5 Å². The molecule has 0 saturated heterocycles. The number of nitrogens with zero attached hydrogens (tertiary/aromatic N) is 3. The molecule has 1 heterocycles. The van der Waals surface area contributed by atoms with Crippen LogP contribution in [0.4, 0.5) is 0 Å². The van der Waals surface area contributed by atoms with Crippen molar-refractivity contribution in [3.8, 4) is 5.88 Å². The quantitative estimate of drug-likeness (QED) is 0.229. The zero-order valence-electron chi connectivity index (χ0n) is 15.7. The van der Waals surface area contributed by atoms with Crippen molar-refractivity contribution in [1.82, 2.24) is 15.4 Å². The maximum absolute atomic E-state index is 11.9. The first kappa shape index (κ1) is 21.0. The lowest BCUT2D eigenvalue weighted by atomic mass is 10.2. The minimum Gasteiger partial charge on any atom is -0.467 e. The molecule has 1 aromatic heterocycles. The van der Waals surface area contributed by atoms with Gasteiger partial charge < -0.3 is 4.74 Å². The molecule has 2 aromatic carbocycles. The first-order valence-corrected chi connectivity index (χ1v) is 10.6. The van der Waals surface area contributed by atoms with Crippen molar-refractivity contribution in [3.05, 3.63) is 82.0 Å². The van der Waals surface area contributed by atoms with Gasteiger partial charge in [-0.15, -0.1) is 0 Å². The van der Waals surface area contributed by atoms with Gasteiger partial charge in [0.15, 0.2) is 11.8 Å². The molecule has 0 aliphatic rings. The van der Waals surface area contributed by atoms with E-state index >= 15 is 0 Å². The van der Waals surface area contributed by atoms with E-state index in [0.29, 0.717) is 11.0 Å². The van der Waals surface area contributed by atoms with Gasteiger partial charge in [0, 0.05) is 22.0 Å². The van der Waals surface area contributed by atoms with Crippen molar-refractivity contribution in [2.24, 2.45) is 5.10 Å². The van der Waals surface area contributed by atoms with Crippen LogP contribution in [0.5, 0.6) is 5.88 Å². The molecule has 1 amide bonds. The molecule has 0 fully saturated rings. The highest BCUT2D eigenvalue weighted by Gasteiger charge is 2.07. The van der Waals surface area contributed by atoms with Crippen LogP contribution in [-0.4, -0.2) is 28.7 Å². The summed E-state index contributed by atoms with van der Waals surface area (Å²) in [5.41, 5.74) is 5.28. The highest BCUT2D eigenvalue weighted by molar-refractivity contribution is 9.10. The number of hydrogen-bond donors (Lipinski definition) is 1. The standard InChI is InChI=1S/C21H19BrN4O2S/c1-15-11-20(25-21(24-15)29-14-17-5-3-2-4-6-17)28-13-19(27)26-23-12-16-7-9-18(22)10-8-16/h2-12H,13-14H2,1H3,(H,26,27). The maximum atomic E-state index is 11.9. The molecular formula is C21H19BrN4O2S. The largest absolute Gasteiger partial charge is 0.467 e. The van der Waals surface area contributed by atoms with Crippen LogP contribution in [0.3, 0.4) is 0 Å². The molecule has 0 spiro atoms. The number of hydrogen-bond acceptors (Lipinski definition) is 6. The molecule has 0 aliphatic heterocycles. The monoisotopic (exact) mass is 470 g/mol. The third-order valence-electron chi connectivity index (χ3n) is 3.64. The minimum absolute atomic E-state index is 0.184. The van der Waals surface area contributed by atoms with Gasteiger partial charge in [-0.25, -0.2) is 10.4 Å². The first-order valence-electron chi connectivity index (χ1n) is 8.81. The second-order valence-corrected chi connectivity index (χ2v) is 7.90. The lowest BCUT2D eigenvalue weighted by molar-refractivity contribution is -0.123. The van der Waals surface area contributed by atoms with Crippen LogP contribution in [0.2, 0.25) is 0 Å². The van der Waals surface area contributed by atoms with E-state index in [1.54, 1.807) is 12.3 Å². The number of aryl methyl sites for hydroxylation is 1. The van der Waals surface area contributed by atoms with Crippen LogP contribution in [0.25, 0.3) is 0 Å². The number of thioether (sulfide) groups is 1. The number of halogens is 1. The van der Waals surface area contributed by atoms with Gasteiger partial charge in [-0.1, -0.05) is 70.2 Å². The average Bonchev–Trinajstić information content (AvgIpc) is 2.73. The highest BCUT2D eigenvalue weighted by Crippen LogP contribution is 2.21. The molecule has 0 unspecified atom stereocenters. The van der Waals surface area contributed by atoms with Gasteiger partial charge in [0.1, 0.15) is 0 Å². The summed E-state index contributed by atoms with van der Waals surface area (Å²) in [5, 5.41) is 4.53. The Morgan fingerprint density at radius 2 is 1.93 bits per heavy atom. The lowest BCUT2D eigenvalue weighted by Crippen LogP contribution is -2.24. The van der Waals surface area contributed by atoms with E-state index in [1.165, 1.54) is 17.3 Å². The molecule has 0 aliphatic carbocycles. The molecule has 6 nitrogen and oxygen atoms in total. The van der Waals surface area contributed by atoms with E-state index < -0.39 is 0 Å². The Hall–Kier alpha value is -2.71. The first-order chi connectivity index (χ1) is 14.1. The van der Waals surface area contributed by atoms with Crippen LogP contribution in [0.1, 0.15) is 16.8 Å². The third kappa shape index (κ3) is 7.32. The van der Waals surface area contributed by atoms with Gasteiger partial charge in [-0.2, -0.15) is 10.1 Å². The van der Waals surface area contributed by atoms with Gasteiger partial charge in [0.05, 0.1) is 6.21 Å². The Kier molecular flexibility index (Phi) is 7.77.